The predicted octanol–water partition coefficient (Wildman–Crippen LogP) is 0.949. The predicted molar refractivity (Wildman–Crippen MR) is 62.4 cm³/mol. The number of aldehydes is 1. The van der Waals surface area contributed by atoms with E-state index in [1.165, 1.54) is 7.11 Å². The van der Waals surface area contributed by atoms with E-state index in [1.54, 1.807) is 0 Å². The first-order valence-electron chi connectivity index (χ1n) is 5.38. The molecule has 0 amide bonds. The van der Waals surface area contributed by atoms with Crippen molar-refractivity contribution in [2.75, 3.05) is 25.1 Å². The van der Waals surface area contributed by atoms with Gasteiger partial charge >= 0.3 is 6.01 Å². The Labute approximate surface area is 104 Å². The second kappa shape index (κ2) is 5.27. The highest BCUT2D eigenvalue weighted by Gasteiger charge is 2.22. The van der Waals surface area contributed by atoms with Crippen molar-refractivity contribution < 1.29 is 9.53 Å². The van der Waals surface area contributed by atoms with Crippen LogP contribution in [0.3, 0.4) is 0 Å². The lowest BCUT2D eigenvalue weighted by atomic mass is 10.0. The highest BCUT2D eigenvalue weighted by atomic mass is 35.5. The monoisotopic (exact) mass is 256 g/mol. The van der Waals surface area contributed by atoms with Crippen LogP contribution >= 0.6 is 11.6 Å². The lowest BCUT2D eigenvalue weighted by Crippen LogP contribution is -2.37. The number of nitrogens with zero attached hydrogens (tertiary/aromatic N) is 4. The van der Waals surface area contributed by atoms with Gasteiger partial charge in [0.1, 0.15) is 6.29 Å². The van der Waals surface area contributed by atoms with E-state index in [0.29, 0.717) is 12.5 Å². The third kappa shape index (κ3) is 2.82. The highest BCUT2D eigenvalue weighted by Crippen LogP contribution is 2.21. The maximum atomic E-state index is 10.8. The lowest BCUT2D eigenvalue weighted by Gasteiger charge is -2.30. The van der Waals surface area contributed by atoms with Gasteiger partial charge in [-0.25, -0.2) is 0 Å². The fraction of sp³-hybridized carbons (Fsp3) is 0.600. The van der Waals surface area contributed by atoms with E-state index in [1.807, 2.05) is 4.90 Å². The summed E-state index contributed by atoms with van der Waals surface area (Å²) in [4.78, 5) is 24.7. The quantitative estimate of drug-likeness (QED) is 0.750. The van der Waals surface area contributed by atoms with E-state index in [0.717, 1.165) is 25.7 Å². The van der Waals surface area contributed by atoms with Crippen LogP contribution in [0.25, 0.3) is 0 Å². The van der Waals surface area contributed by atoms with Crippen LogP contribution in [-0.2, 0) is 4.79 Å². The van der Waals surface area contributed by atoms with Crippen LogP contribution in [0.5, 0.6) is 6.01 Å². The zero-order chi connectivity index (χ0) is 12.3. The van der Waals surface area contributed by atoms with Crippen LogP contribution in [-0.4, -0.2) is 41.4 Å². The molecule has 1 fully saturated rings. The molecule has 0 aliphatic carbocycles. The molecule has 0 aromatic carbocycles. The largest absolute Gasteiger partial charge is 0.467 e. The van der Waals surface area contributed by atoms with Gasteiger partial charge in [0.05, 0.1) is 7.11 Å². The second-order valence-electron chi connectivity index (χ2n) is 3.88. The van der Waals surface area contributed by atoms with Crippen LogP contribution in [0, 0.1) is 5.92 Å². The Morgan fingerprint density at radius 2 is 2.29 bits per heavy atom. The smallest absolute Gasteiger partial charge is 0.322 e. The third-order valence-corrected chi connectivity index (χ3v) is 2.86. The summed E-state index contributed by atoms with van der Waals surface area (Å²) in [5, 5.41) is 0.0973. The highest BCUT2D eigenvalue weighted by molar-refractivity contribution is 6.28. The van der Waals surface area contributed by atoms with E-state index in [-0.39, 0.29) is 17.2 Å². The molecule has 7 heteroatoms. The van der Waals surface area contributed by atoms with Crippen molar-refractivity contribution in [3.05, 3.63) is 5.28 Å². The number of carbonyl (C=O) groups excluding carboxylic acids is 1. The molecule has 2 heterocycles. The van der Waals surface area contributed by atoms with E-state index < -0.39 is 0 Å². The van der Waals surface area contributed by atoms with Gasteiger partial charge in [-0.15, -0.1) is 0 Å². The number of hydrogen-bond donors (Lipinski definition) is 0. The van der Waals surface area contributed by atoms with E-state index in [4.69, 9.17) is 16.3 Å². The summed E-state index contributed by atoms with van der Waals surface area (Å²) in [6.07, 6.45) is 2.83. The number of hydrogen-bond acceptors (Lipinski definition) is 6. The normalized spacial score (nSPS) is 20.1. The Morgan fingerprint density at radius 1 is 1.47 bits per heavy atom. The van der Waals surface area contributed by atoms with Crippen molar-refractivity contribution in [3.63, 3.8) is 0 Å². The maximum absolute atomic E-state index is 10.8. The minimum Gasteiger partial charge on any atom is -0.467 e. The van der Waals surface area contributed by atoms with Gasteiger partial charge in [-0.2, -0.15) is 15.0 Å². The molecule has 1 aromatic rings. The number of anilines is 1. The van der Waals surface area contributed by atoms with Gasteiger partial charge in [0.15, 0.2) is 0 Å². The number of ether oxygens (including phenoxy) is 1. The zero-order valence-corrected chi connectivity index (χ0v) is 10.2. The Hall–Kier alpha value is -1.43. The topological polar surface area (TPSA) is 68.2 Å². The Balaban J connectivity index is 2.20. The standard InChI is InChI=1S/C10H13ClN4O2/c1-17-10-13-8(11)12-9(14-10)15-4-2-3-7(5-15)6-16/h6-7H,2-5H2,1H3. The van der Waals surface area contributed by atoms with Gasteiger partial charge in [0.2, 0.25) is 11.2 Å². The summed E-state index contributed by atoms with van der Waals surface area (Å²) in [6.45, 7) is 1.43. The van der Waals surface area contributed by atoms with Crippen molar-refractivity contribution in [2.45, 2.75) is 12.8 Å². The van der Waals surface area contributed by atoms with Crippen LogP contribution in [0.4, 0.5) is 5.95 Å². The summed E-state index contributed by atoms with van der Waals surface area (Å²) in [6, 6.07) is 0.188. The number of aromatic nitrogens is 3. The molecule has 0 saturated carbocycles. The zero-order valence-electron chi connectivity index (χ0n) is 9.47. The molecule has 1 atom stereocenters. The summed E-state index contributed by atoms with van der Waals surface area (Å²) in [5.74, 6) is 0.499. The van der Waals surface area contributed by atoms with Crippen molar-refractivity contribution in [2.24, 2.45) is 5.92 Å². The average Bonchev–Trinajstić information content (AvgIpc) is 2.38. The van der Waals surface area contributed by atoms with Gasteiger partial charge in [0, 0.05) is 19.0 Å². The molecule has 1 unspecified atom stereocenters. The molecular formula is C10H13ClN4O2. The first kappa shape index (κ1) is 12.0. The second-order valence-corrected chi connectivity index (χ2v) is 4.21. The summed E-state index contributed by atoms with van der Waals surface area (Å²) < 4.78 is 4.94. The fourth-order valence-corrected chi connectivity index (χ4v) is 2.01. The van der Waals surface area contributed by atoms with E-state index in [2.05, 4.69) is 15.0 Å². The van der Waals surface area contributed by atoms with Crippen molar-refractivity contribution in [1.29, 1.82) is 0 Å². The first-order valence-corrected chi connectivity index (χ1v) is 5.76. The molecule has 1 aromatic heterocycles. The van der Waals surface area contributed by atoms with Gasteiger partial charge in [0.25, 0.3) is 0 Å². The van der Waals surface area contributed by atoms with Crippen LogP contribution in [0.2, 0.25) is 5.28 Å². The van der Waals surface area contributed by atoms with Crippen molar-refractivity contribution in [3.8, 4) is 6.01 Å². The number of halogens is 1. The van der Waals surface area contributed by atoms with Gasteiger partial charge in [-0.3, -0.25) is 0 Å². The molecule has 2 rings (SSSR count). The van der Waals surface area contributed by atoms with Crippen LogP contribution in [0.15, 0.2) is 0 Å². The number of rotatable bonds is 3. The van der Waals surface area contributed by atoms with Crippen molar-refractivity contribution in [1.82, 2.24) is 15.0 Å². The van der Waals surface area contributed by atoms with Gasteiger partial charge in [-0.1, -0.05) is 0 Å². The molecule has 6 nitrogen and oxygen atoms in total. The minimum atomic E-state index is 0.0327. The number of carbonyl (C=O) groups is 1. The third-order valence-electron chi connectivity index (χ3n) is 2.69. The summed E-state index contributed by atoms with van der Waals surface area (Å²) >= 11 is 5.78. The molecule has 0 bridgehead atoms. The molecule has 1 aliphatic heterocycles. The lowest BCUT2D eigenvalue weighted by molar-refractivity contribution is -0.111. The molecule has 1 aliphatic rings. The van der Waals surface area contributed by atoms with E-state index >= 15 is 0 Å². The Bertz CT molecular complexity index is 415. The molecule has 0 N–H and O–H groups in total. The number of methoxy groups -OCH3 is 1. The minimum absolute atomic E-state index is 0.0327. The molecule has 0 radical (unpaired) electrons. The van der Waals surface area contributed by atoms with Crippen LogP contribution in [0.1, 0.15) is 12.8 Å². The molecule has 1 saturated heterocycles. The van der Waals surface area contributed by atoms with Crippen LogP contribution < -0.4 is 9.64 Å². The summed E-state index contributed by atoms with van der Waals surface area (Å²) in [7, 11) is 1.47. The molecule has 17 heavy (non-hydrogen) atoms. The molecular weight excluding hydrogens is 244 g/mol. The first-order chi connectivity index (χ1) is 8.22. The number of piperidine rings is 1. The van der Waals surface area contributed by atoms with E-state index in [9.17, 15) is 4.79 Å². The average molecular weight is 257 g/mol. The van der Waals surface area contributed by atoms with Crippen molar-refractivity contribution >= 4 is 23.8 Å². The summed E-state index contributed by atoms with van der Waals surface area (Å²) in [5.41, 5.74) is 0. The maximum Gasteiger partial charge on any atom is 0.322 e. The molecule has 0 spiro atoms. The Kier molecular flexibility index (Phi) is 3.73. The van der Waals surface area contributed by atoms with Gasteiger partial charge in [-0.05, 0) is 24.4 Å². The fourth-order valence-electron chi connectivity index (χ4n) is 1.86. The molecule has 92 valence electrons. The Morgan fingerprint density at radius 3 is 3.00 bits per heavy atom. The SMILES string of the molecule is COc1nc(Cl)nc(N2CCCC(C=O)C2)n1. The van der Waals surface area contributed by atoms with Gasteiger partial charge < -0.3 is 14.4 Å².